The number of aromatic nitrogens is 1. The maximum atomic E-state index is 6.32. The van der Waals surface area contributed by atoms with Gasteiger partial charge in [-0.25, -0.2) is 0 Å². The predicted molar refractivity (Wildman–Crippen MR) is 86.3 cm³/mol. The average molecular weight is 364 g/mol. The third-order valence-corrected chi connectivity index (χ3v) is 6.72. The second-order valence-corrected chi connectivity index (χ2v) is 7.46. The van der Waals surface area contributed by atoms with Gasteiger partial charge in [0.2, 0.25) is 6.20 Å². The standard InChI is InChI=1S/C18H18NO3S.ClH/c1-20-12-6-7-13(21-2)16-11-9-10(15(12)16)17-18(11)23-14-5-3-4-8-19(14)22-17;/h3-8,10-11,17-18H,9H2,1-2H3;1H/q+1;/p-1/t10-,11+,17-,18+;/m0./s1. The quantitative estimate of drug-likeness (QED) is 0.677. The minimum atomic E-state index is 0. The van der Waals surface area contributed by atoms with Crippen molar-refractivity contribution in [3.63, 3.8) is 0 Å². The fourth-order valence-electron chi connectivity index (χ4n) is 4.43. The van der Waals surface area contributed by atoms with E-state index in [4.69, 9.17) is 14.3 Å². The molecule has 3 aliphatic rings. The molecular weight excluding hydrogens is 346 g/mol. The second-order valence-electron chi connectivity index (χ2n) is 6.26. The minimum Gasteiger partial charge on any atom is -1.00 e. The molecule has 0 unspecified atom stereocenters. The first-order chi connectivity index (χ1) is 11.3. The largest absolute Gasteiger partial charge is 1.00 e. The van der Waals surface area contributed by atoms with Gasteiger partial charge >= 0.3 is 0 Å². The van der Waals surface area contributed by atoms with Crippen LogP contribution < -0.4 is 31.4 Å². The molecule has 0 radical (unpaired) electrons. The Kier molecular flexibility index (Phi) is 3.81. The molecule has 0 amide bonds. The van der Waals surface area contributed by atoms with Crippen molar-refractivity contribution >= 4 is 11.8 Å². The van der Waals surface area contributed by atoms with Crippen LogP contribution in [0.25, 0.3) is 0 Å². The van der Waals surface area contributed by atoms with Gasteiger partial charge in [0.25, 0.3) is 5.03 Å². The van der Waals surface area contributed by atoms with Gasteiger partial charge in [0.1, 0.15) is 11.5 Å². The van der Waals surface area contributed by atoms with Gasteiger partial charge < -0.3 is 21.9 Å². The number of ether oxygens (including phenoxy) is 2. The number of methoxy groups -OCH3 is 2. The van der Waals surface area contributed by atoms with Gasteiger partial charge in [0, 0.05) is 39.8 Å². The van der Waals surface area contributed by atoms with Crippen molar-refractivity contribution in [1.82, 2.24) is 0 Å². The van der Waals surface area contributed by atoms with Crippen LogP contribution in [-0.2, 0) is 0 Å². The number of rotatable bonds is 2. The van der Waals surface area contributed by atoms with Crippen LogP contribution in [-0.4, -0.2) is 25.6 Å². The zero-order valence-electron chi connectivity index (χ0n) is 13.4. The second kappa shape index (κ2) is 5.74. The molecule has 1 fully saturated rings. The van der Waals surface area contributed by atoms with Crippen LogP contribution in [0.4, 0.5) is 0 Å². The summed E-state index contributed by atoms with van der Waals surface area (Å²) in [6, 6.07) is 10.2. The number of hydrogen-bond donors (Lipinski definition) is 0. The summed E-state index contributed by atoms with van der Waals surface area (Å²) in [5, 5.41) is 1.61. The van der Waals surface area contributed by atoms with E-state index in [2.05, 4.69) is 12.1 Å². The zero-order chi connectivity index (χ0) is 15.6. The van der Waals surface area contributed by atoms with E-state index < -0.39 is 0 Å². The summed E-state index contributed by atoms with van der Waals surface area (Å²) in [5.74, 6) is 2.78. The van der Waals surface area contributed by atoms with E-state index >= 15 is 0 Å². The smallest absolute Gasteiger partial charge is 0.291 e. The van der Waals surface area contributed by atoms with E-state index in [-0.39, 0.29) is 18.5 Å². The fraction of sp³-hybridized carbons (Fsp3) is 0.389. The fourth-order valence-corrected chi connectivity index (χ4v) is 5.85. The van der Waals surface area contributed by atoms with Crippen LogP contribution >= 0.6 is 11.8 Å². The minimum absolute atomic E-state index is 0. The maximum Gasteiger partial charge on any atom is 0.291 e. The third kappa shape index (κ3) is 1.97. The van der Waals surface area contributed by atoms with E-state index in [1.165, 1.54) is 16.2 Å². The summed E-state index contributed by atoms with van der Waals surface area (Å²) < 4.78 is 13.2. The molecular formula is C18H18ClNO3S. The monoisotopic (exact) mass is 363 g/mol. The number of thioether (sulfide) groups is 1. The van der Waals surface area contributed by atoms with Crippen LogP contribution in [0, 0.1) is 0 Å². The molecule has 4 nitrogen and oxygen atoms in total. The highest BCUT2D eigenvalue weighted by molar-refractivity contribution is 7.99. The number of hydrogen-bond acceptors (Lipinski definition) is 4. The lowest BCUT2D eigenvalue weighted by molar-refractivity contribution is -0.928. The Morgan fingerprint density at radius 2 is 1.75 bits per heavy atom. The first-order valence-corrected chi connectivity index (χ1v) is 8.79. The molecule has 2 aliphatic carbocycles. The van der Waals surface area contributed by atoms with E-state index in [0.29, 0.717) is 17.1 Å². The van der Waals surface area contributed by atoms with Gasteiger partial charge in [-0.05, 0) is 36.4 Å². The van der Waals surface area contributed by atoms with Crippen LogP contribution in [0.1, 0.15) is 29.4 Å². The number of pyridine rings is 1. The van der Waals surface area contributed by atoms with Crippen molar-refractivity contribution in [2.24, 2.45) is 0 Å². The predicted octanol–water partition coefficient (Wildman–Crippen LogP) is -0.448. The average Bonchev–Trinajstić information content (AvgIpc) is 3.16. The van der Waals surface area contributed by atoms with Crippen molar-refractivity contribution in [1.29, 1.82) is 0 Å². The van der Waals surface area contributed by atoms with Gasteiger partial charge in [-0.15, -0.1) is 0 Å². The lowest BCUT2D eigenvalue weighted by Crippen LogP contribution is -3.00. The van der Waals surface area contributed by atoms with Gasteiger partial charge in [-0.1, -0.05) is 0 Å². The highest BCUT2D eigenvalue weighted by Crippen LogP contribution is 2.62. The molecule has 0 N–H and O–H groups in total. The topological polar surface area (TPSA) is 31.6 Å². The Morgan fingerprint density at radius 1 is 1.04 bits per heavy atom. The molecule has 1 aromatic carbocycles. The summed E-state index contributed by atoms with van der Waals surface area (Å²) in [6.45, 7) is 0. The van der Waals surface area contributed by atoms with E-state index in [1.54, 1.807) is 14.2 Å². The summed E-state index contributed by atoms with van der Waals surface area (Å²) in [6.07, 6.45) is 3.30. The van der Waals surface area contributed by atoms with E-state index in [9.17, 15) is 0 Å². The Bertz CT molecular complexity index is 736. The molecule has 0 saturated heterocycles. The highest BCUT2D eigenvalue weighted by atomic mass is 35.5. The first-order valence-electron chi connectivity index (χ1n) is 7.91. The highest BCUT2D eigenvalue weighted by Gasteiger charge is 2.59. The summed E-state index contributed by atoms with van der Waals surface area (Å²) in [5.41, 5.74) is 2.62. The van der Waals surface area contributed by atoms with Gasteiger partial charge in [-0.2, -0.15) is 0 Å². The number of halogens is 1. The van der Waals surface area contributed by atoms with Crippen LogP contribution in [0.15, 0.2) is 41.6 Å². The summed E-state index contributed by atoms with van der Waals surface area (Å²) in [4.78, 5) is 6.32. The van der Waals surface area contributed by atoms with Crippen molar-refractivity contribution < 1.29 is 31.4 Å². The molecule has 1 aromatic heterocycles. The SMILES string of the molecule is COc1ccc(OC)c2c1[C@H]1C[C@@H]2[C@@H]2O[n+]3ccccc3S[C@@H]21.[Cl-]. The number of benzene rings is 1. The summed E-state index contributed by atoms with van der Waals surface area (Å²) >= 11 is 1.93. The molecule has 24 heavy (non-hydrogen) atoms. The molecule has 2 bridgehead atoms. The number of nitrogens with zero attached hydrogens (tertiary/aromatic N) is 1. The third-order valence-electron chi connectivity index (χ3n) is 5.29. The lowest BCUT2D eigenvalue weighted by atomic mass is 9.88. The number of fused-ring (bicyclic) bond motifs is 9. The van der Waals surface area contributed by atoms with Gasteiger partial charge in [0.05, 0.1) is 19.5 Å². The Hall–Kier alpha value is -1.59. The molecule has 4 atom stereocenters. The van der Waals surface area contributed by atoms with E-state index in [0.717, 1.165) is 17.9 Å². The normalized spacial score (nSPS) is 28.1. The Balaban J connectivity index is 0.00000146. The van der Waals surface area contributed by atoms with Crippen LogP contribution in [0.2, 0.25) is 0 Å². The van der Waals surface area contributed by atoms with Gasteiger partial charge in [0.15, 0.2) is 6.10 Å². The van der Waals surface area contributed by atoms with Crippen molar-refractivity contribution in [2.45, 2.75) is 34.6 Å². The molecule has 1 saturated carbocycles. The maximum absolute atomic E-state index is 6.32. The van der Waals surface area contributed by atoms with E-state index in [1.807, 2.05) is 40.9 Å². The molecule has 6 heteroatoms. The van der Waals surface area contributed by atoms with Crippen LogP contribution in [0.3, 0.4) is 0 Å². The van der Waals surface area contributed by atoms with Crippen LogP contribution in [0.5, 0.6) is 11.5 Å². The Morgan fingerprint density at radius 3 is 2.46 bits per heavy atom. The molecule has 2 heterocycles. The lowest BCUT2D eigenvalue weighted by Gasteiger charge is -2.32. The van der Waals surface area contributed by atoms with Gasteiger partial charge in [-0.3, -0.25) is 4.84 Å². The Labute approximate surface area is 151 Å². The molecule has 0 spiro atoms. The molecule has 5 rings (SSSR count). The van der Waals surface area contributed by atoms with Crippen molar-refractivity contribution in [3.8, 4) is 11.5 Å². The molecule has 1 aliphatic heterocycles. The zero-order valence-corrected chi connectivity index (χ0v) is 15.0. The summed E-state index contributed by atoms with van der Waals surface area (Å²) in [7, 11) is 3.49. The molecule has 2 aromatic rings. The molecule has 126 valence electrons. The van der Waals surface area contributed by atoms with Crippen molar-refractivity contribution in [2.75, 3.05) is 14.2 Å². The first kappa shape index (κ1) is 15.9. The van der Waals surface area contributed by atoms with Crippen molar-refractivity contribution in [3.05, 3.63) is 47.7 Å².